The van der Waals surface area contributed by atoms with Crippen molar-refractivity contribution in [2.24, 2.45) is 11.7 Å². The van der Waals surface area contributed by atoms with Crippen molar-refractivity contribution in [2.45, 2.75) is 70.9 Å². The van der Waals surface area contributed by atoms with Crippen molar-refractivity contribution in [1.82, 2.24) is 14.7 Å². The number of amides is 1. The second-order valence-electron chi connectivity index (χ2n) is 9.96. The van der Waals surface area contributed by atoms with E-state index in [0.717, 1.165) is 44.7 Å². The highest BCUT2D eigenvalue weighted by Gasteiger charge is 2.32. The molecule has 5 nitrogen and oxygen atoms in total. The van der Waals surface area contributed by atoms with Crippen molar-refractivity contribution in [3.63, 3.8) is 0 Å². The molecule has 4 rings (SSSR count). The average molecular weight is 427 g/mol. The quantitative estimate of drug-likeness (QED) is 0.694. The number of nitrogens with two attached hydrogens (primary N) is 1. The van der Waals surface area contributed by atoms with Gasteiger partial charge in [0.05, 0.1) is 6.04 Å². The maximum Gasteiger partial charge on any atom is 0.239 e. The van der Waals surface area contributed by atoms with E-state index in [1.165, 1.54) is 62.3 Å². The Labute approximate surface area is 188 Å². The maximum absolute atomic E-state index is 13.0. The summed E-state index contributed by atoms with van der Waals surface area (Å²) in [7, 11) is 0. The molecule has 1 atom stereocenters. The van der Waals surface area contributed by atoms with Crippen LogP contribution in [0.2, 0.25) is 0 Å². The minimum Gasteiger partial charge on any atom is -0.341 e. The number of aryl methyl sites for hydroxylation is 2. The van der Waals surface area contributed by atoms with E-state index < -0.39 is 6.04 Å². The van der Waals surface area contributed by atoms with E-state index in [2.05, 4.69) is 41.8 Å². The Morgan fingerprint density at radius 2 is 1.65 bits per heavy atom. The number of carbonyl (C=O) groups excluding carboxylic acids is 1. The summed E-state index contributed by atoms with van der Waals surface area (Å²) in [6.45, 7) is 12.2. The first-order valence-corrected chi connectivity index (χ1v) is 12.7. The van der Waals surface area contributed by atoms with Gasteiger partial charge in [-0.1, -0.05) is 32.0 Å². The van der Waals surface area contributed by atoms with Gasteiger partial charge >= 0.3 is 0 Å². The van der Waals surface area contributed by atoms with E-state index in [0.29, 0.717) is 12.5 Å². The van der Waals surface area contributed by atoms with Crippen LogP contribution < -0.4 is 5.73 Å². The topological polar surface area (TPSA) is 52.8 Å². The molecule has 1 amide bonds. The highest BCUT2D eigenvalue weighted by molar-refractivity contribution is 5.82. The Balaban J connectivity index is 1.22. The third-order valence-corrected chi connectivity index (χ3v) is 7.72. The summed E-state index contributed by atoms with van der Waals surface area (Å²) in [5.41, 5.74) is 10.4. The molecule has 5 heteroatoms. The molecule has 1 aromatic rings. The first-order chi connectivity index (χ1) is 15.1. The summed E-state index contributed by atoms with van der Waals surface area (Å²) in [5.74, 6) is 1.12. The lowest BCUT2D eigenvalue weighted by Gasteiger charge is -2.43. The van der Waals surface area contributed by atoms with Gasteiger partial charge in [-0.2, -0.15) is 0 Å². The molecule has 3 aliphatic rings. The van der Waals surface area contributed by atoms with Crippen LogP contribution in [0.5, 0.6) is 0 Å². The summed E-state index contributed by atoms with van der Waals surface area (Å²) >= 11 is 0. The molecule has 2 saturated heterocycles. The standard InChI is InChI=1S/C26H42N4O/c1-3-22-8-7-21(17-23(22)4-2)18-25(27)26(31)30-11-9-24(10-12-30)29-15-13-28(14-16-29)19-20-5-6-20/h7-8,17,20,24-25H,3-6,9-16,18-19,27H2,1-2H3/t25-/m1/s1. The van der Waals surface area contributed by atoms with Crippen LogP contribution in [0.25, 0.3) is 0 Å². The third-order valence-electron chi connectivity index (χ3n) is 7.72. The average Bonchev–Trinajstić information content (AvgIpc) is 3.63. The van der Waals surface area contributed by atoms with Gasteiger partial charge in [-0.05, 0) is 67.6 Å². The summed E-state index contributed by atoms with van der Waals surface area (Å²) in [6.07, 6.45) is 7.79. The second-order valence-corrected chi connectivity index (χ2v) is 9.96. The van der Waals surface area contributed by atoms with E-state index in [4.69, 9.17) is 5.73 Å². The molecule has 31 heavy (non-hydrogen) atoms. The Morgan fingerprint density at radius 3 is 2.26 bits per heavy atom. The van der Waals surface area contributed by atoms with Crippen molar-refractivity contribution in [3.8, 4) is 0 Å². The van der Waals surface area contributed by atoms with Gasteiger partial charge in [-0.25, -0.2) is 0 Å². The van der Waals surface area contributed by atoms with Crippen molar-refractivity contribution >= 4 is 5.91 Å². The minimum atomic E-state index is -0.431. The van der Waals surface area contributed by atoms with Crippen LogP contribution in [0.1, 0.15) is 56.2 Å². The van der Waals surface area contributed by atoms with Crippen LogP contribution in [0.15, 0.2) is 18.2 Å². The predicted molar refractivity (Wildman–Crippen MR) is 127 cm³/mol. The largest absolute Gasteiger partial charge is 0.341 e. The molecule has 0 radical (unpaired) electrons. The molecular weight excluding hydrogens is 384 g/mol. The van der Waals surface area contributed by atoms with E-state index in [1.807, 2.05) is 4.90 Å². The Kier molecular flexibility index (Phi) is 7.68. The summed E-state index contributed by atoms with van der Waals surface area (Å²) in [6, 6.07) is 6.82. The second kappa shape index (κ2) is 10.5. The number of piperidine rings is 1. The highest BCUT2D eigenvalue weighted by Crippen LogP contribution is 2.30. The van der Waals surface area contributed by atoms with Crippen LogP contribution in [0.3, 0.4) is 0 Å². The van der Waals surface area contributed by atoms with Gasteiger partial charge in [-0.15, -0.1) is 0 Å². The zero-order valence-electron chi connectivity index (χ0n) is 19.7. The van der Waals surface area contributed by atoms with Gasteiger partial charge in [0, 0.05) is 51.9 Å². The number of hydrogen-bond donors (Lipinski definition) is 1. The molecular formula is C26H42N4O. The molecule has 1 aromatic carbocycles. The van der Waals surface area contributed by atoms with Crippen LogP contribution in [-0.2, 0) is 24.1 Å². The Bertz CT molecular complexity index is 731. The summed E-state index contributed by atoms with van der Waals surface area (Å²) < 4.78 is 0. The van der Waals surface area contributed by atoms with E-state index >= 15 is 0 Å². The number of rotatable bonds is 8. The molecule has 172 valence electrons. The lowest BCUT2D eigenvalue weighted by atomic mass is 9.96. The van der Waals surface area contributed by atoms with Crippen LogP contribution in [-0.4, -0.2) is 78.5 Å². The molecule has 2 N–H and O–H groups in total. The molecule has 2 aliphatic heterocycles. The SMILES string of the molecule is CCc1ccc(C[C@@H](N)C(=O)N2CCC(N3CCN(CC4CC4)CC3)CC2)cc1CC. The van der Waals surface area contributed by atoms with Gasteiger partial charge in [0.25, 0.3) is 0 Å². The molecule has 3 fully saturated rings. The number of carbonyl (C=O) groups is 1. The molecule has 1 saturated carbocycles. The van der Waals surface area contributed by atoms with Crippen LogP contribution in [0, 0.1) is 5.92 Å². The van der Waals surface area contributed by atoms with E-state index in [-0.39, 0.29) is 5.91 Å². The van der Waals surface area contributed by atoms with Gasteiger partial charge in [0.1, 0.15) is 0 Å². The zero-order valence-corrected chi connectivity index (χ0v) is 19.7. The summed E-state index contributed by atoms with van der Waals surface area (Å²) in [4.78, 5) is 20.3. The monoisotopic (exact) mass is 426 g/mol. The molecule has 1 aliphatic carbocycles. The third kappa shape index (κ3) is 5.88. The normalized spacial score (nSPS) is 22.6. The number of piperazine rings is 1. The van der Waals surface area contributed by atoms with Gasteiger partial charge in [0.15, 0.2) is 0 Å². The summed E-state index contributed by atoms with van der Waals surface area (Å²) in [5, 5.41) is 0. The minimum absolute atomic E-state index is 0.130. The van der Waals surface area contributed by atoms with E-state index in [9.17, 15) is 4.79 Å². The Morgan fingerprint density at radius 1 is 0.968 bits per heavy atom. The molecule has 0 aromatic heterocycles. The van der Waals surface area contributed by atoms with E-state index in [1.54, 1.807) is 0 Å². The van der Waals surface area contributed by atoms with Crippen LogP contribution >= 0.6 is 0 Å². The fourth-order valence-corrected chi connectivity index (χ4v) is 5.48. The van der Waals surface area contributed by atoms with Crippen molar-refractivity contribution in [1.29, 1.82) is 0 Å². The molecule has 0 spiro atoms. The maximum atomic E-state index is 13.0. The molecule has 0 bridgehead atoms. The van der Waals surface area contributed by atoms with Gasteiger partial charge in [-0.3, -0.25) is 9.69 Å². The Hall–Kier alpha value is -1.43. The van der Waals surface area contributed by atoms with Gasteiger partial charge in [0.2, 0.25) is 5.91 Å². The number of likely N-dealkylation sites (tertiary alicyclic amines) is 1. The number of hydrogen-bond acceptors (Lipinski definition) is 4. The number of benzene rings is 1. The first kappa shape index (κ1) is 22.8. The van der Waals surface area contributed by atoms with Crippen molar-refractivity contribution in [2.75, 3.05) is 45.8 Å². The highest BCUT2D eigenvalue weighted by atomic mass is 16.2. The first-order valence-electron chi connectivity index (χ1n) is 12.7. The lowest BCUT2D eigenvalue weighted by molar-refractivity contribution is -0.134. The smallest absolute Gasteiger partial charge is 0.239 e. The van der Waals surface area contributed by atoms with Crippen molar-refractivity contribution in [3.05, 3.63) is 34.9 Å². The lowest BCUT2D eigenvalue weighted by Crippen LogP contribution is -2.55. The predicted octanol–water partition coefficient (Wildman–Crippen LogP) is 2.70. The number of nitrogens with zero attached hydrogens (tertiary/aromatic N) is 3. The zero-order chi connectivity index (χ0) is 21.8. The van der Waals surface area contributed by atoms with Crippen molar-refractivity contribution < 1.29 is 4.79 Å². The molecule has 2 heterocycles. The molecule has 0 unspecified atom stereocenters. The van der Waals surface area contributed by atoms with Crippen LogP contribution in [0.4, 0.5) is 0 Å². The van der Waals surface area contributed by atoms with Gasteiger partial charge < -0.3 is 15.5 Å². The fraction of sp³-hybridized carbons (Fsp3) is 0.731. The fourth-order valence-electron chi connectivity index (χ4n) is 5.48.